The lowest BCUT2D eigenvalue weighted by Crippen LogP contribution is -2.39. The van der Waals surface area contributed by atoms with Crippen molar-refractivity contribution in [3.8, 4) is 17.1 Å². The Hall–Kier alpha value is -3.71. The summed E-state index contributed by atoms with van der Waals surface area (Å²) in [5.41, 5.74) is 0.919. The number of aromatic nitrogens is 2. The van der Waals surface area contributed by atoms with Gasteiger partial charge in [0.2, 0.25) is 11.7 Å². The fraction of sp³-hybridized carbons (Fsp3) is 0.240. The Morgan fingerprint density at radius 3 is 2.72 bits per heavy atom. The van der Waals surface area contributed by atoms with Gasteiger partial charge in [0.05, 0.1) is 6.04 Å². The average molecular weight is 428 g/mol. The lowest BCUT2D eigenvalue weighted by Gasteiger charge is -2.14. The number of rotatable bonds is 6. The second-order valence-corrected chi connectivity index (χ2v) is 8.08. The molecule has 1 aliphatic heterocycles. The van der Waals surface area contributed by atoms with Crippen molar-refractivity contribution in [2.24, 2.45) is 0 Å². The van der Waals surface area contributed by atoms with Crippen molar-refractivity contribution in [3.05, 3.63) is 78.7 Å². The lowest BCUT2D eigenvalue weighted by atomic mass is 10.1. The van der Waals surface area contributed by atoms with E-state index in [0.29, 0.717) is 30.4 Å². The van der Waals surface area contributed by atoms with E-state index in [4.69, 9.17) is 9.26 Å². The van der Waals surface area contributed by atoms with Gasteiger partial charge in [-0.05, 0) is 42.4 Å². The maximum Gasteiger partial charge on any atom is 0.258 e. The maximum absolute atomic E-state index is 12.3. The van der Waals surface area contributed by atoms with E-state index in [1.54, 1.807) is 0 Å². The Kier molecular flexibility index (Phi) is 5.56. The second kappa shape index (κ2) is 8.80. The molecule has 2 atom stereocenters. The SMILES string of the molecule is CN1C[C@@H](NC(=O)COc2ccccc2)C[C@H]1c1nc(-c2ccc3ccccc3c2)no1. The van der Waals surface area contributed by atoms with Crippen LogP contribution in [0.5, 0.6) is 5.75 Å². The number of likely N-dealkylation sites (N-methyl/N-ethyl adjacent to an activating group) is 1. The second-order valence-electron chi connectivity index (χ2n) is 8.08. The molecular weight excluding hydrogens is 404 g/mol. The molecule has 7 nitrogen and oxygen atoms in total. The Morgan fingerprint density at radius 1 is 1.09 bits per heavy atom. The molecule has 162 valence electrons. The minimum absolute atomic E-state index is 0.00658. The molecule has 0 radical (unpaired) electrons. The van der Waals surface area contributed by atoms with Crippen molar-refractivity contribution < 1.29 is 14.1 Å². The number of likely N-dealkylation sites (tertiary alicyclic amines) is 1. The van der Waals surface area contributed by atoms with Crippen molar-refractivity contribution >= 4 is 16.7 Å². The summed E-state index contributed by atoms with van der Waals surface area (Å²) in [6, 6.07) is 23.6. The van der Waals surface area contributed by atoms with E-state index in [1.807, 2.05) is 55.6 Å². The zero-order chi connectivity index (χ0) is 21.9. The third-order valence-corrected chi connectivity index (χ3v) is 5.76. The summed E-state index contributed by atoms with van der Waals surface area (Å²) in [5.74, 6) is 1.67. The summed E-state index contributed by atoms with van der Waals surface area (Å²) in [7, 11) is 2.00. The molecule has 0 aliphatic carbocycles. The third-order valence-electron chi connectivity index (χ3n) is 5.76. The smallest absolute Gasteiger partial charge is 0.258 e. The largest absolute Gasteiger partial charge is 0.484 e. The summed E-state index contributed by atoms with van der Waals surface area (Å²) in [5, 5.41) is 9.55. The van der Waals surface area contributed by atoms with Gasteiger partial charge >= 0.3 is 0 Å². The van der Waals surface area contributed by atoms with Crippen LogP contribution in [0.3, 0.4) is 0 Å². The van der Waals surface area contributed by atoms with Crippen molar-refractivity contribution in [1.82, 2.24) is 20.4 Å². The first kappa shape index (κ1) is 20.2. The van der Waals surface area contributed by atoms with Crippen molar-refractivity contribution in [3.63, 3.8) is 0 Å². The maximum atomic E-state index is 12.3. The summed E-state index contributed by atoms with van der Waals surface area (Å²) in [6.07, 6.45) is 0.701. The van der Waals surface area contributed by atoms with Crippen molar-refractivity contribution in [2.45, 2.75) is 18.5 Å². The highest BCUT2D eigenvalue weighted by molar-refractivity contribution is 5.86. The molecule has 0 bridgehead atoms. The number of fused-ring (bicyclic) bond motifs is 1. The fourth-order valence-corrected chi connectivity index (χ4v) is 4.14. The number of ether oxygens (including phenoxy) is 1. The standard InChI is InChI=1S/C25H24N4O3/c1-29-15-20(26-23(30)16-31-21-9-3-2-4-10-21)14-22(29)25-27-24(28-32-25)19-12-11-17-7-5-6-8-18(17)13-19/h2-13,20,22H,14-16H2,1H3,(H,26,30)/t20-,22-/m0/s1. The minimum atomic E-state index is -0.143. The van der Waals surface area contributed by atoms with E-state index in [2.05, 4.69) is 44.6 Å². The zero-order valence-corrected chi connectivity index (χ0v) is 17.8. The normalized spacial score (nSPS) is 18.7. The number of carbonyl (C=O) groups is 1. The Balaban J connectivity index is 1.22. The molecule has 1 fully saturated rings. The number of amides is 1. The lowest BCUT2D eigenvalue weighted by molar-refractivity contribution is -0.123. The quantitative estimate of drug-likeness (QED) is 0.503. The van der Waals surface area contributed by atoms with Crippen LogP contribution >= 0.6 is 0 Å². The molecule has 32 heavy (non-hydrogen) atoms. The van der Waals surface area contributed by atoms with Crippen LogP contribution in [0, 0.1) is 0 Å². The zero-order valence-electron chi connectivity index (χ0n) is 17.8. The molecule has 0 saturated carbocycles. The topological polar surface area (TPSA) is 80.5 Å². The number of para-hydroxylation sites is 1. The molecule has 1 amide bonds. The van der Waals surface area contributed by atoms with Crippen LogP contribution in [0.25, 0.3) is 22.2 Å². The van der Waals surface area contributed by atoms with E-state index in [9.17, 15) is 4.79 Å². The highest BCUT2D eigenvalue weighted by Crippen LogP contribution is 2.31. The number of hydrogen-bond acceptors (Lipinski definition) is 6. The Bertz CT molecular complexity index is 1220. The Morgan fingerprint density at radius 2 is 1.88 bits per heavy atom. The molecule has 1 saturated heterocycles. The molecule has 1 aliphatic rings. The summed E-state index contributed by atoms with van der Waals surface area (Å²) in [6.45, 7) is 0.691. The van der Waals surface area contributed by atoms with E-state index >= 15 is 0 Å². The number of carbonyl (C=O) groups excluding carboxylic acids is 1. The third kappa shape index (κ3) is 4.33. The van der Waals surface area contributed by atoms with Gasteiger partial charge in [0.15, 0.2) is 6.61 Å². The number of benzene rings is 3. The van der Waals surface area contributed by atoms with Gasteiger partial charge in [0.1, 0.15) is 5.75 Å². The summed E-state index contributed by atoms with van der Waals surface area (Å²) >= 11 is 0. The van der Waals surface area contributed by atoms with Crippen molar-refractivity contribution in [2.75, 3.05) is 20.2 Å². The van der Waals surface area contributed by atoms with E-state index in [1.165, 1.54) is 5.39 Å². The molecular formula is C25H24N4O3. The highest BCUT2D eigenvalue weighted by Gasteiger charge is 2.35. The fourth-order valence-electron chi connectivity index (χ4n) is 4.14. The van der Waals surface area contributed by atoms with Crippen LogP contribution in [0.4, 0.5) is 0 Å². The molecule has 1 N–H and O–H groups in total. The molecule has 5 rings (SSSR count). The first-order valence-corrected chi connectivity index (χ1v) is 10.7. The molecule has 0 spiro atoms. The molecule has 0 unspecified atom stereocenters. The molecule has 7 heteroatoms. The van der Waals surface area contributed by atoms with Gasteiger partial charge in [-0.25, -0.2) is 0 Å². The predicted octanol–water partition coefficient (Wildman–Crippen LogP) is 3.83. The van der Waals surface area contributed by atoms with Gasteiger partial charge in [-0.15, -0.1) is 0 Å². The number of nitrogens with one attached hydrogen (secondary N) is 1. The van der Waals surface area contributed by atoms with E-state index < -0.39 is 0 Å². The first-order valence-electron chi connectivity index (χ1n) is 10.7. The van der Waals surface area contributed by atoms with E-state index in [-0.39, 0.29) is 24.6 Å². The Labute approximate surface area is 186 Å². The summed E-state index contributed by atoms with van der Waals surface area (Å²) in [4.78, 5) is 19.1. The van der Waals surface area contributed by atoms with Crippen LogP contribution in [0.15, 0.2) is 77.3 Å². The monoisotopic (exact) mass is 428 g/mol. The van der Waals surface area contributed by atoms with Gasteiger partial charge in [-0.2, -0.15) is 4.98 Å². The molecule has 3 aromatic carbocycles. The van der Waals surface area contributed by atoms with Crippen LogP contribution in [0.2, 0.25) is 0 Å². The first-order chi connectivity index (χ1) is 15.7. The van der Waals surface area contributed by atoms with Crippen LogP contribution in [-0.2, 0) is 4.79 Å². The molecule has 4 aromatic rings. The van der Waals surface area contributed by atoms with Gasteiger partial charge in [-0.1, -0.05) is 59.8 Å². The molecule has 1 aromatic heterocycles. The number of hydrogen-bond donors (Lipinski definition) is 1. The van der Waals surface area contributed by atoms with Gasteiger partial charge in [-0.3, -0.25) is 9.69 Å². The minimum Gasteiger partial charge on any atom is -0.484 e. The molecule has 2 heterocycles. The van der Waals surface area contributed by atoms with Crippen LogP contribution < -0.4 is 10.1 Å². The summed E-state index contributed by atoms with van der Waals surface area (Å²) < 4.78 is 11.1. The van der Waals surface area contributed by atoms with E-state index in [0.717, 1.165) is 10.9 Å². The van der Waals surface area contributed by atoms with Gasteiger partial charge in [0, 0.05) is 18.2 Å². The van der Waals surface area contributed by atoms with Crippen molar-refractivity contribution in [1.29, 1.82) is 0 Å². The van der Waals surface area contributed by atoms with Gasteiger partial charge < -0.3 is 14.6 Å². The van der Waals surface area contributed by atoms with Crippen LogP contribution in [0.1, 0.15) is 18.4 Å². The predicted molar refractivity (Wildman–Crippen MR) is 121 cm³/mol. The van der Waals surface area contributed by atoms with Crippen LogP contribution in [-0.4, -0.2) is 47.2 Å². The van der Waals surface area contributed by atoms with Gasteiger partial charge in [0.25, 0.3) is 5.91 Å². The number of nitrogens with zero attached hydrogens (tertiary/aromatic N) is 3. The average Bonchev–Trinajstić information content (AvgIpc) is 3.44. The highest BCUT2D eigenvalue weighted by atomic mass is 16.5.